The van der Waals surface area contributed by atoms with E-state index in [9.17, 15) is 4.79 Å². The molecule has 0 bridgehead atoms. The summed E-state index contributed by atoms with van der Waals surface area (Å²) in [6.45, 7) is 5.21. The molecule has 0 saturated heterocycles. The molecule has 0 aliphatic rings. The number of halogens is 1. The molecule has 0 heterocycles. The molecule has 0 aliphatic heterocycles. The second kappa shape index (κ2) is 21.7. The predicted molar refractivity (Wildman–Crippen MR) is 104 cm³/mol. The predicted octanol–water partition coefficient (Wildman–Crippen LogP) is 5.92. The van der Waals surface area contributed by atoms with Crippen molar-refractivity contribution < 1.29 is 4.79 Å². The van der Waals surface area contributed by atoms with Crippen LogP contribution in [0.15, 0.2) is 0 Å². The highest BCUT2D eigenvalue weighted by Gasteiger charge is 1.99. The van der Waals surface area contributed by atoms with Gasteiger partial charge in [-0.3, -0.25) is 10.2 Å². The van der Waals surface area contributed by atoms with E-state index >= 15 is 0 Å². The summed E-state index contributed by atoms with van der Waals surface area (Å²) in [5.41, 5.74) is 5.67. The van der Waals surface area contributed by atoms with Crippen molar-refractivity contribution in [2.45, 2.75) is 110 Å². The summed E-state index contributed by atoms with van der Waals surface area (Å²) in [6.07, 6.45) is 19.2. The van der Waals surface area contributed by atoms with E-state index in [0.717, 1.165) is 19.4 Å². The van der Waals surface area contributed by atoms with Gasteiger partial charge in [0.25, 0.3) is 0 Å². The van der Waals surface area contributed by atoms with Crippen LogP contribution in [0.25, 0.3) is 0 Å². The zero-order valence-corrected chi connectivity index (χ0v) is 16.4. The van der Waals surface area contributed by atoms with Crippen LogP contribution in [0.4, 0.5) is 0 Å². The standard InChI is InChI=1S/C19H40N2O.ClH/c1-3-5-6-7-8-9-10-11-12-13-14-15-16-17-19(22)21-20-18-4-2;/h20H,3-18H2,1-2H3,(H,21,22);1H. The zero-order valence-electron chi connectivity index (χ0n) is 15.6. The Bertz CT molecular complexity index is 237. The zero-order chi connectivity index (χ0) is 16.3. The van der Waals surface area contributed by atoms with Gasteiger partial charge in [0.05, 0.1) is 0 Å². The molecule has 3 nitrogen and oxygen atoms in total. The number of hydrogen-bond donors (Lipinski definition) is 2. The molecule has 2 N–H and O–H groups in total. The van der Waals surface area contributed by atoms with Gasteiger partial charge in [0.2, 0.25) is 5.91 Å². The van der Waals surface area contributed by atoms with Crippen molar-refractivity contribution in [2.75, 3.05) is 6.54 Å². The Kier molecular flexibility index (Phi) is 23.6. The first-order valence-electron chi connectivity index (χ1n) is 9.83. The highest BCUT2D eigenvalue weighted by molar-refractivity contribution is 5.85. The normalized spacial score (nSPS) is 10.3. The van der Waals surface area contributed by atoms with Crippen LogP contribution < -0.4 is 10.9 Å². The third-order valence-corrected chi connectivity index (χ3v) is 4.11. The molecule has 140 valence electrons. The molecule has 0 saturated carbocycles. The third-order valence-electron chi connectivity index (χ3n) is 4.11. The average Bonchev–Trinajstić information content (AvgIpc) is 2.52. The molecule has 0 rings (SSSR count). The van der Waals surface area contributed by atoms with E-state index in [4.69, 9.17) is 0 Å². The maximum absolute atomic E-state index is 11.4. The Morgan fingerprint density at radius 1 is 0.652 bits per heavy atom. The Labute approximate surface area is 151 Å². The van der Waals surface area contributed by atoms with Crippen LogP contribution >= 0.6 is 12.4 Å². The Hall–Kier alpha value is -0.280. The molecule has 0 fully saturated rings. The lowest BCUT2D eigenvalue weighted by Crippen LogP contribution is -2.37. The first-order valence-corrected chi connectivity index (χ1v) is 9.83. The summed E-state index contributed by atoms with van der Waals surface area (Å²) in [5, 5.41) is 0. The minimum Gasteiger partial charge on any atom is -0.292 e. The number of nitrogens with one attached hydrogen (secondary N) is 2. The quantitative estimate of drug-likeness (QED) is 0.253. The molecular formula is C19H41ClN2O. The summed E-state index contributed by atoms with van der Waals surface area (Å²) in [6, 6.07) is 0. The number of carbonyl (C=O) groups is 1. The van der Waals surface area contributed by atoms with Crippen molar-refractivity contribution in [1.29, 1.82) is 0 Å². The number of unbranched alkanes of at least 4 members (excludes halogenated alkanes) is 12. The molecule has 0 spiro atoms. The minimum atomic E-state index is 0. The van der Waals surface area contributed by atoms with Crippen molar-refractivity contribution in [3.63, 3.8) is 0 Å². The van der Waals surface area contributed by atoms with Crippen LogP contribution in [0.2, 0.25) is 0 Å². The van der Waals surface area contributed by atoms with Crippen molar-refractivity contribution in [3.05, 3.63) is 0 Å². The molecule has 0 aromatic heterocycles. The lowest BCUT2D eigenvalue weighted by atomic mass is 10.0. The summed E-state index contributed by atoms with van der Waals surface area (Å²) in [4.78, 5) is 11.4. The fourth-order valence-corrected chi connectivity index (χ4v) is 2.65. The van der Waals surface area contributed by atoms with Gasteiger partial charge in [0.15, 0.2) is 0 Å². The number of hydrazine groups is 1. The number of hydrogen-bond acceptors (Lipinski definition) is 2. The van der Waals surface area contributed by atoms with Crippen molar-refractivity contribution >= 4 is 18.3 Å². The van der Waals surface area contributed by atoms with Crippen LogP contribution in [0.3, 0.4) is 0 Å². The summed E-state index contributed by atoms with van der Waals surface area (Å²) in [5.74, 6) is 0.136. The van der Waals surface area contributed by atoms with E-state index in [2.05, 4.69) is 24.7 Å². The molecule has 23 heavy (non-hydrogen) atoms. The van der Waals surface area contributed by atoms with Crippen LogP contribution in [0.1, 0.15) is 110 Å². The van der Waals surface area contributed by atoms with Gasteiger partial charge < -0.3 is 0 Å². The van der Waals surface area contributed by atoms with Crippen LogP contribution in [0.5, 0.6) is 0 Å². The van der Waals surface area contributed by atoms with E-state index in [1.165, 1.54) is 77.0 Å². The Balaban J connectivity index is 0. The smallest absolute Gasteiger partial charge is 0.234 e. The SMILES string of the molecule is CCCCCCCCCCCCCCCC(=O)NNCCC.Cl. The molecule has 0 aromatic rings. The lowest BCUT2D eigenvalue weighted by Gasteiger charge is -2.06. The van der Waals surface area contributed by atoms with Crippen LogP contribution in [-0.2, 0) is 4.79 Å². The second-order valence-electron chi connectivity index (χ2n) is 6.47. The molecular weight excluding hydrogens is 308 g/mol. The van der Waals surface area contributed by atoms with E-state index in [1.807, 2.05) is 0 Å². The number of rotatable bonds is 17. The maximum atomic E-state index is 11.4. The van der Waals surface area contributed by atoms with Gasteiger partial charge in [-0.15, -0.1) is 12.4 Å². The molecule has 1 amide bonds. The highest BCUT2D eigenvalue weighted by Crippen LogP contribution is 2.12. The highest BCUT2D eigenvalue weighted by atomic mass is 35.5. The van der Waals surface area contributed by atoms with E-state index in [1.54, 1.807) is 0 Å². The van der Waals surface area contributed by atoms with Gasteiger partial charge in [-0.25, -0.2) is 5.43 Å². The van der Waals surface area contributed by atoms with E-state index in [0.29, 0.717) is 6.42 Å². The molecule has 0 radical (unpaired) electrons. The monoisotopic (exact) mass is 348 g/mol. The van der Waals surface area contributed by atoms with Gasteiger partial charge in [-0.2, -0.15) is 0 Å². The number of carbonyl (C=O) groups excluding carboxylic acids is 1. The molecule has 0 atom stereocenters. The fourth-order valence-electron chi connectivity index (χ4n) is 2.65. The van der Waals surface area contributed by atoms with Gasteiger partial charge in [-0.05, 0) is 12.8 Å². The second-order valence-corrected chi connectivity index (χ2v) is 6.47. The summed E-state index contributed by atoms with van der Waals surface area (Å²) in [7, 11) is 0. The molecule has 0 unspecified atom stereocenters. The van der Waals surface area contributed by atoms with Crippen molar-refractivity contribution in [3.8, 4) is 0 Å². The van der Waals surface area contributed by atoms with E-state index in [-0.39, 0.29) is 18.3 Å². The van der Waals surface area contributed by atoms with Crippen molar-refractivity contribution in [1.82, 2.24) is 10.9 Å². The van der Waals surface area contributed by atoms with Gasteiger partial charge in [-0.1, -0.05) is 90.9 Å². The summed E-state index contributed by atoms with van der Waals surface area (Å²) >= 11 is 0. The maximum Gasteiger partial charge on any atom is 0.234 e. The first-order chi connectivity index (χ1) is 10.8. The third kappa shape index (κ3) is 21.7. The van der Waals surface area contributed by atoms with Crippen LogP contribution in [-0.4, -0.2) is 12.5 Å². The minimum absolute atomic E-state index is 0. The van der Waals surface area contributed by atoms with Gasteiger partial charge in [0, 0.05) is 13.0 Å². The van der Waals surface area contributed by atoms with Gasteiger partial charge in [0.1, 0.15) is 0 Å². The van der Waals surface area contributed by atoms with Crippen LogP contribution in [0, 0.1) is 0 Å². The lowest BCUT2D eigenvalue weighted by molar-refractivity contribution is -0.122. The average molecular weight is 349 g/mol. The molecule has 0 aliphatic carbocycles. The Morgan fingerprint density at radius 3 is 1.52 bits per heavy atom. The van der Waals surface area contributed by atoms with E-state index < -0.39 is 0 Å². The summed E-state index contributed by atoms with van der Waals surface area (Å²) < 4.78 is 0. The molecule has 4 heteroatoms. The molecule has 0 aromatic carbocycles. The topological polar surface area (TPSA) is 41.1 Å². The Morgan fingerprint density at radius 2 is 1.09 bits per heavy atom. The largest absolute Gasteiger partial charge is 0.292 e. The van der Waals surface area contributed by atoms with Gasteiger partial charge >= 0.3 is 0 Å². The first kappa shape index (κ1) is 25.0. The number of amides is 1. The van der Waals surface area contributed by atoms with Crippen molar-refractivity contribution in [2.24, 2.45) is 0 Å². The fraction of sp³-hybridized carbons (Fsp3) is 0.947.